The van der Waals surface area contributed by atoms with Gasteiger partial charge in [0.25, 0.3) is 5.91 Å². The van der Waals surface area contributed by atoms with Crippen molar-refractivity contribution in [2.24, 2.45) is 11.7 Å². The summed E-state index contributed by atoms with van der Waals surface area (Å²) in [6.07, 6.45) is 1.03. The number of nitrogens with one attached hydrogen (secondary N) is 1. The third-order valence-corrected chi connectivity index (χ3v) is 3.63. The highest BCUT2D eigenvalue weighted by molar-refractivity contribution is 5.90. The van der Waals surface area contributed by atoms with E-state index in [-0.39, 0.29) is 11.7 Å². The van der Waals surface area contributed by atoms with Crippen LogP contribution in [0, 0.1) is 5.92 Å². The van der Waals surface area contributed by atoms with Gasteiger partial charge in [-0.3, -0.25) is 4.79 Å². The minimum Gasteiger partial charge on any atom is -0.364 e. The molecule has 5 heteroatoms. The second-order valence-corrected chi connectivity index (χ2v) is 5.63. The lowest BCUT2D eigenvalue weighted by atomic mass is 9.95. The topological polar surface area (TPSA) is 80.9 Å². The monoisotopic (exact) mass is 298 g/mol. The first kappa shape index (κ1) is 15.9. The van der Waals surface area contributed by atoms with Crippen LogP contribution in [0.1, 0.15) is 48.4 Å². The van der Waals surface area contributed by atoms with Crippen molar-refractivity contribution in [1.29, 1.82) is 0 Å². The molecule has 2 aromatic rings. The Balaban J connectivity index is 2.19. The smallest absolute Gasteiger partial charge is 0.269 e. The van der Waals surface area contributed by atoms with Crippen LogP contribution in [0.3, 0.4) is 0 Å². The minimum atomic E-state index is -0.574. The maximum absolute atomic E-state index is 11.0. The number of nitrogens with zero attached hydrogens (tertiary/aromatic N) is 2. The first-order valence-electron chi connectivity index (χ1n) is 7.50. The van der Waals surface area contributed by atoms with E-state index in [2.05, 4.69) is 60.6 Å². The summed E-state index contributed by atoms with van der Waals surface area (Å²) >= 11 is 0. The molecule has 1 unspecified atom stereocenters. The summed E-state index contributed by atoms with van der Waals surface area (Å²) in [5, 5.41) is 11.2. The molecule has 2 rings (SSSR count). The van der Waals surface area contributed by atoms with Crippen LogP contribution in [0.2, 0.25) is 0 Å². The van der Waals surface area contributed by atoms with Crippen molar-refractivity contribution in [2.75, 3.05) is 5.32 Å². The number of benzene rings is 1. The average molecular weight is 298 g/mol. The molecule has 0 spiro atoms. The first-order chi connectivity index (χ1) is 10.5. The Kier molecular flexibility index (Phi) is 5.09. The second kappa shape index (κ2) is 7.02. The summed E-state index contributed by atoms with van der Waals surface area (Å²) in [6, 6.07) is 12.0. The van der Waals surface area contributed by atoms with Gasteiger partial charge >= 0.3 is 0 Å². The molecule has 1 atom stereocenters. The third-order valence-electron chi connectivity index (χ3n) is 3.63. The molecule has 116 valence electrons. The van der Waals surface area contributed by atoms with E-state index in [0.29, 0.717) is 11.7 Å². The largest absolute Gasteiger partial charge is 0.364 e. The van der Waals surface area contributed by atoms with Crippen molar-refractivity contribution in [3.05, 3.63) is 53.2 Å². The van der Waals surface area contributed by atoms with E-state index in [1.165, 1.54) is 11.1 Å². The summed E-state index contributed by atoms with van der Waals surface area (Å²) in [5.74, 6) is 0.433. The lowest BCUT2D eigenvalue weighted by Crippen LogP contribution is -2.19. The molecule has 0 aliphatic carbocycles. The molecule has 1 heterocycles. The van der Waals surface area contributed by atoms with Gasteiger partial charge in [0.15, 0.2) is 5.69 Å². The van der Waals surface area contributed by atoms with Gasteiger partial charge in [0, 0.05) is 0 Å². The number of carbonyl (C=O) groups is 1. The van der Waals surface area contributed by atoms with Crippen LogP contribution in [0.5, 0.6) is 0 Å². The Bertz CT molecular complexity index is 620. The number of carbonyl (C=O) groups excluding carboxylic acids is 1. The van der Waals surface area contributed by atoms with E-state index in [4.69, 9.17) is 5.73 Å². The van der Waals surface area contributed by atoms with E-state index in [0.717, 1.165) is 6.42 Å². The van der Waals surface area contributed by atoms with Gasteiger partial charge in [-0.25, -0.2) is 0 Å². The zero-order valence-electron chi connectivity index (χ0n) is 13.2. The number of anilines is 1. The highest BCUT2D eigenvalue weighted by Gasteiger charge is 2.16. The average Bonchev–Trinajstić information content (AvgIpc) is 2.53. The van der Waals surface area contributed by atoms with Crippen molar-refractivity contribution in [2.45, 2.75) is 33.2 Å². The third kappa shape index (κ3) is 3.81. The Labute approximate surface area is 131 Å². The van der Waals surface area contributed by atoms with Gasteiger partial charge in [-0.15, -0.1) is 10.2 Å². The molecule has 0 aliphatic heterocycles. The standard InChI is InChI=1S/C17H22N4O/c1-4-12-5-7-13(8-6-12)16(11(2)3)19-15-10-9-14(17(18)22)20-21-15/h5-11,16H,4H2,1-3H3,(H2,18,22)(H,19,21). The normalized spacial score (nSPS) is 12.2. The van der Waals surface area contributed by atoms with E-state index >= 15 is 0 Å². The number of aryl methyl sites for hydroxylation is 1. The summed E-state index contributed by atoms with van der Waals surface area (Å²) in [7, 11) is 0. The summed E-state index contributed by atoms with van der Waals surface area (Å²) in [5.41, 5.74) is 7.85. The number of primary amides is 1. The van der Waals surface area contributed by atoms with E-state index in [9.17, 15) is 4.79 Å². The van der Waals surface area contributed by atoms with Gasteiger partial charge in [-0.2, -0.15) is 0 Å². The number of hydrogen-bond donors (Lipinski definition) is 2. The van der Waals surface area contributed by atoms with Crippen molar-refractivity contribution >= 4 is 11.7 Å². The zero-order valence-corrected chi connectivity index (χ0v) is 13.2. The van der Waals surface area contributed by atoms with E-state index in [1.807, 2.05) is 0 Å². The van der Waals surface area contributed by atoms with Crippen LogP contribution in [-0.2, 0) is 6.42 Å². The molecule has 3 N–H and O–H groups in total. The molecule has 1 aromatic heterocycles. The highest BCUT2D eigenvalue weighted by Crippen LogP contribution is 2.26. The van der Waals surface area contributed by atoms with Crippen LogP contribution < -0.4 is 11.1 Å². The molecule has 0 saturated carbocycles. The van der Waals surface area contributed by atoms with Crippen LogP contribution in [0.25, 0.3) is 0 Å². The molecule has 1 amide bonds. The number of nitrogens with two attached hydrogens (primary N) is 1. The lowest BCUT2D eigenvalue weighted by Gasteiger charge is -2.23. The molecule has 1 aromatic carbocycles. The maximum atomic E-state index is 11.0. The molecule has 0 saturated heterocycles. The van der Waals surface area contributed by atoms with Gasteiger partial charge in [0.1, 0.15) is 5.82 Å². The van der Waals surface area contributed by atoms with Crippen LogP contribution >= 0.6 is 0 Å². The Hall–Kier alpha value is -2.43. The summed E-state index contributed by atoms with van der Waals surface area (Å²) in [4.78, 5) is 11.0. The van der Waals surface area contributed by atoms with E-state index < -0.39 is 5.91 Å². The quantitative estimate of drug-likeness (QED) is 0.859. The molecule has 5 nitrogen and oxygen atoms in total. The zero-order chi connectivity index (χ0) is 16.1. The number of aromatic nitrogens is 2. The van der Waals surface area contributed by atoms with Crippen molar-refractivity contribution in [3.63, 3.8) is 0 Å². The summed E-state index contributed by atoms with van der Waals surface area (Å²) < 4.78 is 0. The van der Waals surface area contributed by atoms with Gasteiger partial charge in [0.05, 0.1) is 6.04 Å². The first-order valence-corrected chi connectivity index (χ1v) is 7.50. The fraction of sp³-hybridized carbons (Fsp3) is 0.353. The molecule has 0 fully saturated rings. The molecular weight excluding hydrogens is 276 g/mol. The van der Waals surface area contributed by atoms with Gasteiger partial charge in [-0.05, 0) is 35.6 Å². The van der Waals surface area contributed by atoms with E-state index in [1.54, 1.807) is 12.1 Å². The fourth-order valence-electron chi connectivity index (χ4n) is 2.30. The molecule has 22 heavy (non-hydrogen) atoms. The Morgan fingerprint density at radius 1 is 1.14 bits per heavy atom. The minimum absolute atomic E-state index is 0.125. The number of rotatable bonds is 6. The maximum Gasteiger partial charge on any atom is 0.269 e. The van der Waals surface area contributed by atoms with Crippen molar-refractivity contribution in [3.8, 4) is 0 Å². The van der Waals surface area contributed by atoms with Crippen LogP contribution in [0.15, 0.2) is 36.4 Å². The van der Waals surface area contributed by atoms with Crippen molar-refractivity contribution in [1.82, 2.24) is 10.2 Å². The Morgan fingerprint density at radius 2 is 1.82 bits per heavy atom. The molecule has 0 radical (unpaired) electrons. The molecule has 0 aliphatic rings. The van der Waals surface area contributed by atoms with Gasteiger partial charge < -0.3 is 11.1 Å². The van der Waals surface area contributed by atoms with Gasteiger partial charge in [-0.1, -0.05) is 45.0 Å². The fourth-order valence-corrected chi connectivity index (χ4v) is 2.30. The SMILES string of the molecule is CCc1ccc(C(Nc2ccc(C(N)=O)nn2)C(C)C)cc1. The van der Waals surface area contributed by atoms with Crippen LogP contribution in [-0.4, -0.2) is 16.1 Å². The molecule has 0 bridgehead atoms. The summed E-state index contributed by atoms with van der Waals surface area (Å²) in [6.45, 7) is 6.44. The van der Waals surface area contributed by atoms with Gasteiger partial charge in [0.2, 0.25) is 0 Å². The number of amides is 1. The van der Waals surface area contributed by atoms with Crippen molar-refractivity contribution < 1.29 is 4.79 Å². The molecular formula is C17H22N4O. The second-order valence-electron chi connectivity index (χ2n) is 5.63. The number of hydrogen-bond acceptors (Lipinski definition) is 4. The predicted molar refractivity (Wildman–Crippen MR) is 87.6 cm³/mol. The predicted octanol–water partition coefficient (Wildman–Crippen LogP) is 2.95. The highest BCUT2D eigenvalue weighted by atomic mass is 16.1. The lowest BCUT2D eigenvalue weighted by molar-refractivity contribution is 0.0994. The van der Waals surface area contributed by atoms with Crippen LogP contribution in [0.4, 0.5) is 5.82 Å². The Morgan fingerprint density at radius 3 is 2.27 bits per heavy atom.